The molecule has 0 saturated carbocycles. The van der Waals surface area contributed by atoms with Gasteiger partial charge in [-0.15, -0.1) is 0 Å². The van der Waals surface area contributed by atoms with E-state index < -0.39 is 23.2 Å². The van der Waals surface area contributed by atoms with Gasteiger partial charge in [0, 0.05) is 17.8 Å². The highest BCUT2D eigenvalue weighted by molar-refractivity contribution is 5.92. The van der Waals surface area contributed by atoms with E-state index in [9.17, 15) is 14.0 Å². The molecule has 2 rings (SSSR count). The molecule has 0 saturated heterocycles. The van der Waals surface area contributed by atoms with Crippen LogP contribution in [0.1, 0.15) is 23.1 Å². The number of amides is 1. The molecule has 6 nitrogen and oxygen atoms in total. The van der Waals surface area contributed by atoms with Crippen molar-refractivity contribution < 1.29 is 14.3 Å². The average molecular weight is 305 g/mol. The fourth-order valence-corrected chi connectivity index (χ4v) is 1.91. The maximum Gasteiger partial charge on any atom is 0.276 e. The van der Waals surface area contributed by atoms with Crippen LogP contribution in [0.4, 0.5) is 4.39 Å². The van der Waals surface area contributed by atoms with E-state index in [1.807, 2.05) is 0 Å². The average Bonchev–Trinajstić information content (AvgIpc) is 2.48. The molecular weight excluding hydrogens is 289 g/mol. The monoisotopic (exact) mass is 305 g/mol. The maximum atomic E-state index is 13.9. The molecule has 7 heteroatoms. The largest absolute Gasteiger partial charge is 0.394 e. The Balaban J connectivity index is 2.50. The van der Waals surface area contributed by atoms with Gasteiger partial charge in [0.05, 0.1) is 6.61 Å². The summed E-state index contributed by atoms with van der Waals surface area (Å²) in [7, 11) is 0. The Bertz CT molecular complexity index is 758. The molecule has 1 heterocycles. The molecule has 116 valence electrons. The lowest BCUT2D eigenvalue weighted by Gasteiger charge is -2.13. The van der Waals surface area contributed by atoms with Gasteiger partial charge < -0.3 is 10.4 Å². The predicted octanol–water partition coefficient (Wildman–Crippen LogP) is 0.791. The number of nitrogens with one attached hydrogen (secondary N) is 1. The van der Waals surface area contributed by atoms with Crippen molar-refractivity contribution in [2.24, 2.45) is 0 Å². The standard InChI is InChI=1S/C15H16FN3O3/c1-9(8-20)17-15(22)14-13(21)7-10(2)19(18-14)12-6-4-3-5-11(12)16/h3-7,9,20H,8H2,1-2H3,(H,17,22). The Hall–Kier alpha value is -2.54. The van der Waals surface area contributed by atoms with Crippen molar-refractivity contribution in [3.05, 3.63) is 57.8 Å². The van der Waals surface area contributed by atoms with Crippen LogP contribution in [-0.2, 0) is 0 Å². The van der Waals surface area contributed by atoms with Gasteiger partial charge in [-0.25, -0.2) is 9.07 Å². The normalized spacial score (nSPS) is 12.0. The number of carbonyl (C=O) groups is 1. The summed E-state index contributed by atoms with van der Waals surface area (Å²) in [4.78, 5) is 23.9. The molecule has 0 aliphatic rings. The first-order chi connectivity index (χ1) is 10.4. The van der Waals surface area contributed by atoms with Gasteiger partial charge in [-0.3, -0.25) is 9.59 Å². The van der Waals surface area contributed by atoms with Crippen LogP contribution in [0, 0.1) is 12.7 Å². The van der Waals surface area contributed by atoms with Crippen LogP contribution in [0.25, 0.3) is 5.69 Å². The number of aliphatic hydroxyl groups excluding tert-OH is 1. The molecule has 1 unspecified atom stereocenters. The van der Waals surface area contributed by atoms with E-state index in [1.165, 1.54) is 28.9 Å². The van der Waals surface area contributed by atoms with E-state index >= 15 is 0 Å². The quantitative estimate of drug-likeness (QED) is 0.875. The zero-order valence-corrected chi connectivity index (χ0v) is 12.2. The van der Waals surface area contributed by atoms with Gasteiger partial charge >= 0.3 is 0 Å². The SMILES string of the molecule is Cc1cc(=O)c(C(=O)NC(C)CO)nn1-c1ccccc1F. The van der Waals surface area contributed by atoms with Gasteiger partial charge in [0.25, 0.3) is 5.91 Å². The zero-order chi connectivity index (χ0) is 16.3. The Morgan fingerprint density at radius 1 is 1.45 bits per heavy atom. The fourth-order valence-electron chi connectivity index (χ4n) is 1.91. The summed E-state index contributed by atoms with van der Waals surface area (Å²) in [5.74, 6) is -1.23. The molecule has 0 fully saturated rings. The van der Waals surface area contributed by atoms with Gasteiger partial charge in [-0.1, -0.05) is 12.1 Å². The number of benzene rings is 1. The van der Waals surface area contributed by atoms with Crippen molar-refractivity contribution in [1.82, 2.24) is 15.1 Å². The number of hydrogen-bond donors (Lipinski definition) is 2. The first-order valence-corrected chi connectivity index (χ1v) is 6.71. The van der Waals surface area contributed by atoms with Gasteiger partial charge in [-0.2, -0.15) is 5.10 Å². The summed E-state index contributed by atoms with van der Waals surface area (Å²) >= 11 is 0. The van der Waals surface area contributed by atoms with Crippen molar-refractivity contribution in [1.29, 1.82) is 0 Å². The van der Waals surface area contributed by atoms with E-state index in [0.29, 0.717) is 5.69 Å². The highest BCUT2D eigenvalue weighted by Gasteiger charge is 2.17. The topological polar surface area (TPSA) is 84.2 Å². The molecule has 0 bridgehead atoms. The van der Waals surface area contributed by atoms with Crippen LogP contribution < -0.4 is 10.7 Å². The van der Waals surface area contributed by atoms with Crippen LogP contribution in [0.2, 0.25) is 0 Å². The van der Waals surface area contributed by atoms with Crippen LogP contribution in [0.15, 0.2) is 35.1 Å². The minimum absolute atomic E-state index is 0.143. The van der Waals surface area contributed by atoms with Gasteiger partial charge in [0.2, 0.25) is 5.43 Å². The van der Waals surface area contributed by atoms with Crippen molar-refractivity contribution in [2.45, 2.75) is 19.9 Å². The van der Waals surface area contributed by atoms with Gasteiger partial charge in [-0.05, 0) is 26.0 Å². The molecule has 0 aliphatic heterocycles. The Labute approximate surface area is 126 Å². The first-order valence-electron chi connectivity index (χ1n) is 6.71. The second-order valence-electron chi connectivity index (χ2n) is 4.92. The Kier molecular flexibility index (Phi) is 4.67. The number of rotatable bonds is 4. The molecular formula is C15H16FN3O3. The van der Waals surface area contributed by atoms with Crippen LogP contribution in [0.3, 0.4) is 0 Å². The lowest BCUT2D eigenvalue weighted by Crippen LogP contribution is -2.39. The van der Waals surface area contributed by atoms with E-state index in [4.69, 9.17) is 5.11 Å². The zero-order valence-electron chi connectivity index (χ0n) is 12.2. The minimum atomic E-state index is -0.711. The number of aromatic nitrogens is 2. The number of aryl methyl sites for hydroxylation is 1. The lowest BCUT2D eigenvalue weighted by molar-refractivity contribution is 0.0914. The maximum absolute atomic E-state index is 13.9. The van der Waals surface area contributed by atoms with E-state index in [2.05, 4.69) is 10.4 Å². The van der Waals surface area contributed by atoms with Crippen molar-refractivity contribution >= 4 is 5.91 Å². The summed E-state index contributed by atoms with van der Waals surface area (Å²) in [5.41, 5.74) is -0.368. The molecule has 1 amide bonds. The number of aliphatic hydroxyl groups is 1. The van der Waals surface area contributed by atoms with E-state index in [1.54, 1.807) is 19.9 Å². The van der Waals surface area contributed by atoms with Crippen LogP contribution in [-0.4, -0.2) is 33.4 Å². The molecule has 1 aromatic carbocycles. The van der Waals surface area contributed by atoms with Crippen molar-refractivity contribution in [3.8, 4) is 5.69 Å². The smallest absolute Gasteiger partial charge is 0.276 e. The van der Waals surface area contributed by atoms with Gasteiger partial charge in [0.15, 0.2) is 5.69 Å². The number of para-hydroxylation sites is 1. The van der Waals surface area contributed by atoms with E-state index in [-0.39, 0.29) is 18.0 Å². The summed E-state index contributed by atoms with van der Waals surface area (Å²) in [6.45, 7) is 2.92. The first kappa shape index (κ1) is 15.8. The number of hydrogen-bond acceptors (Lipinski definition) is 4. The molecule has 0 aliphatic carbocycles. The second kappa shape index (κ2) is 6.48. The molecule has 2 N–H and O–H groups in total. The highest BCUT2D eigenvalue weighted by Crippen LogP contribution is 2.13. The molecule has 1 atom stereocenters. The lowest BCUT2D eigenvalue weighted by atomic mass is 10.2. The minimum Gasteiger partial charge on any atom is -0.394 e. The highest BCUT2D eigenvalue weighted by atomic mass is 19.1. The molecule has 22 heavy (non-hydrogen) atoms. The summed E-state index contributed by atoms with van der Waals surface area (Å²) in [5, 5.41) is 15.3. The second-order valence-corrected chi connectivity index (χ2v) is 4.92. The van der Waals surface area contributed by atoms with Gasteiger partial charge in [0.1, 0.15) is 11.5 Å². The molecule has 2 aromatic rings. The van der Waals surface area contributed by atoms with Crippen LogP contribution >= 0.6 is 0 Å². The van der Waals surface area contributed by atoms with Crippen LogP contribution in [0.5, 0.6) is 0 Å². The summed E-state index contributed by atoms with van der Waals surface area (Å²) in [6.07, 6.45) is 0. The molecule has 1 aromatic heterocycles. The third-order valence-corrected chi connectivity index (χ3v) is 3.05. The number of carbonyl (C=O) groups excluding carboxylic acids is 1. The third kappa shape index (κ3) is 3.20. The third-order valence-electron chi connectivity index (χ3n) is 3.05. The summed E-state index contributed by atoms with van der Waals surface area (Å²) < 4.78 is 15.1. The molecule has 0 spiro atoms. The Morgan fingerprint density at radius 3 is 2.77 bits per heavy atom. The summed E-state index contributed by atoms with van der Waals surface area (Å²) in [6, 6.07) is 6.63. The number of nitrogens with zero attached hydrogens (tertiary/aromatic N) is 2. The number of halogens is 1. The molecule has 0 radical (unpaired) electrons. The fraction of sp³-hybridized carbons (Fsp3) is 0.267. The Morgan fingerprint density at radius 2 is 2.14 bits per heavy atom. The van der Waals surface area contributed by atoms with E-state index in [0.717, 1.165) is 0 Å². The predicted molar refractivity (Wildman–Crippen MR) is 78.5 cm³/mol. The van der Waals surface area contributed by atoms with Crippen molar-refractivity contribution in [3.63, 3.8) is 0 Å². The van der Waals surface area contributed by atoms with Crippen molar-refractivity contribution in [2.75, 3.05) is 6.61 Å².